The van der Waals surface area contributed by atoms with E-state index in [1.165, 1.54) is 11.1 Å². The van der Waals surface area contributed by atoms with Gasteiger partial charge < -0.3 is 5.32 Å². The number of carbonyl (C=O) groups excluding carboxylic acids is 1. The van der Waals surface area contributed by atoms with E-state index in [4.69, 9.17) is 0 Å². The van der Waals surface area contributed by atoms with Gasteiger partial charge in [0.1, 0.15) is 5.69 Å². The van der Waals surface area contributed by atoms with E-state index in [-0.39, 0.29) is 18.2 Å². The Morgan fingerprint density at radius 2 is 2.00 bits per heavy atom. The zero-order valence-corrected chi connectivity index (χ0v) is 13.3. The van der Waals surface area contributed by atoms with Crippen molar-refractivity contribution >= 4 is 34.1 Å². The second-order valence-electron chi connectivity index (χ2n) is 4.73. The lowest BCUT2D eigenvalue weighted by atomic mass is 10.0. The van der Waals surface area contributed by atoms with Crippen molar-refractivity contribution in [2.45, 2.75) is 20.0 Å². The Morgan fingerprint density at radius 3 is 2.75 bits per heavy atom. The molecule has 2 heterocycles. The van der Waals surface area contributed by atoms with Crippen molar-refractivity contribution in [3.63, 3.8) is 0 Å². The number of pyridine rings is 1. The molecule has 20 heavy (non-hydrogen) atoms. The number of hydrogen-bond donors (Lipinski definition) is 1. The van der Waals surface area contributed by atoms with E-state index < -0.39 is 0 Å². The highest BCUT2D eigenvalue weighted by atomic mass is 79.9. The Kier molecular flexibility index (Phi) is 4.58. The lowest BCUT2D eigenvalue weighted by molar-refractivity contribution is 0.103. The van der Waals surface area contributed by atoms with Crippen LogP contribution in [0.15, 0.2) is 34.9 Å². The van der Waals surface area contributed by atoms with Crippen molar-refractivity contribution in [1.82, 2.24) is 10.3 Å². The summed E-state index contributed by atoms with van der Waals surface area (Å²) in [6, 6.07) is 7.53. The number of nitrogens with one attached hydrogen (secondary N) is 1. The fraction of sp³-hybridized carbons (Fsp3) is 0.200. The summed E-state index contributed by atoms with van der Waals surface area (Å²) >= 11 is 3.45. The third-order valence-electron chi connectivity index (χ3n) is 3.38. The van der Waals surface area contributed by atoms with Crippen LogP contribution in [-0.4, -0.2) is 10.8 Å². The highest BCUT2D eigenvalue weighted by molar-refractivity contribution is 9.10. The zero-order chi connectivity index (χ0) is 13.4. The average molecular weight is 354 g/mol. The standard InChI is InChI=1S/C15H13BrN2O.ClH/c1-9-2-3-10(4-13(9)16)15(19)14-5-11-6-17-7-12(11)8-18-14;/h2-5,8,17H,6-7H2,1H3;1H. The number of aromatic nitrogens is 1. The van der Waals surface area contributed by atoms with Gasteiger partial charge in [-0.3, -0.25) is 9.78 Å². The summed E-state index contributed by atoms with van der Waals surface area (Å²) in [5, 5.41) is 3.25. The number of fused-ring (bicyclic) bond motifs is 1. The number of ketones is 1. The Balaban J connectivity index is 0.00000147. The molecule has 2 aromatic rings. The van der Waals surface area contributed by atoms with Gasteiger partial charge in [-0.25, -0.2) is 0 Å². The number of nitrogens with zero attached hydrogens (tertiary/aromatic N) is 1. The van der Waals surface area contributed by atoms with Gasteiger partial charge in [0.2, 0.25) is 5.78 Å². The second kappa shape index (κ2) is 6.04. The molecule has 1 aliphatic heterocycles. The lowest BCUT2D eigenvalue weighted by Crippen LogP contribution is -2.05. The fourth-order valence-electron chi connectivity index (χ4n) is 2.19. The molecule has 1 aromatic carbocycles. The third kappa shape index (κ3) is 2.77. The first-order chi connectivity index (χ1) is 9.15. The molecule has 1 aromatic heterocycles. The van der Waals surface area contributed by atoms with Gasteiger partial charge in [-0.05, 0) is 35.7 Å². The molecule has 0 unspecified atom stereocenters. The van der Waals surface area contributed by atoms with Crippen LogP contribution in [0.2, 0.25) is 0 Å². The van der Waals surface area contributed by atoms with Gasteiger partial charge in [0.05, 0.1) is 0 Å². The first-order valence-electron chi connectivity index (χ1n) is 6.14. The number of carbonyl (C=O) groups is 1. The van der Waals surface area contributed by atoms with Crippen molar-refractivity contribution in [3.8, 4) is 0 Å². The summed E-state index contributed by atoms with van der Waals surface area (Å²) < 4.78 is 0.946. The van der Waals surface area contributed by atoms with Gasteiger partial charge in [0, 0.05) is 29.3 Å². The molecule has 3 nitrogen and oxygen atoms in total. The summed E-state index contributed by atoms with van der Waals surface area (Å²) in [4.78, 5) is 16.7. The Hall–Kier alpha value is -1.23. The number of aryl methyl sites for hydroxylation is 1. The van der Waals surface area contributed by atoms with Crippen LogP contribution in [0.4, 0.5) is 0 Å². The zero-order valence-electron chi connectivity index (χ0n) is 10.9. The number of halogens is 2. The minimum Gasteiger partial charge on any atom is -0.309 e. The van der Waals surface area contributed by atoms with Gasteiger partial charge in [-0.2, -0.15) is 0 Å². The normalized spacial score (nSPS) is 12.7. The molecule has 104 valence electrons. The minimum atomic E-state index is -0.0320. The van der Waals surface area contributed by atoms with Gasteiger partial charge in [-0.1, -0.05) is 28.1 Å². The first-order valence-corrected chi connectivity index (χ1v) is 6.94. The Bertz CT molecular complexity index is 673. The quantitative estimate of drug-likeness (QED) is 0.841. The molecule has 5 heteroatoms. The van der Waals surface area contributed by atoms with Gasteiger partial charge >= 0.3 is 0 Å². The predicted octanol–water partition coefficient (Wildman–Crippen LogP) is 3.41. The van der Waals surface area contributed by atoms with E-state index in [0.717, 1.165) is 23.1 Å². The van der Waals surface area contributed by atoms with E-state index >= 15 is 0 Å². The highest BCUT2D eigenvalue weighted by Gasteiger charge is 2.16. The molecule has 0 saturated carbocycles. The molecular weight excluding hydrogens is 340 g/mol. The van der Waals surface area contributed by atoms with Crippen molar-refractivity contribution < 1.29 is 4.79 Å². The van der Waals surface area contributed by atoms with Gasteiger partial charge in [-0.15, -0.1) is 12.4 Å². The Labute approximate surface area is 132 Å². The summed E-state index contributed by atoms with van der Waals surface area (Å²) in [6.45, 7) is 3.65. The van der Waals surface area contributed by atoms with E-state index in [1.807, 2.05) is 31.2 Å². The summed E-state index contributed by atoms with van der Waals surface area (Å²) in [7, 11) is 0. The molecule has 0 radical (unpaired) electrons. The molecule has 0 saturated heterocycles. The van der Waals surface area contributed by atoms with Crippen LogP contribution in [-0.2, 0) is 13.1 Å². The molecular formula is C15H14BrClN2O. The minimum absolute atomic E-state index is 0. The molecule has 0 atom stereocenters. The summed E-state index contributed by atoms with van der Waals surface area (Å²) in [5.41, 5.74) is 4.64. The van der Waals surface area contributed by atoms with Crippen molar-refractivity contribution in [2.24, 2.45) is 0 Å². The topological polar surface area (TPSA) is 42.0 Å². The highest BCUT2D eigenvalue weighted by Crippen LogP contribution is 2.21. The average Bonchev–Trinajstić information content (AvgIpc) is 2.88. The second-order valence-corrected chi connectivity index (χ2v) is 5.59. The molecule has 3 rings (SSSR count). The van der Waals surface area contributed by atoms with Crippen LogP contribution in [0.25, 0.3) is 0 Å². The molecule has 0 spiro atoms. The van der Waals surface area contributed by atoms with Crippen LogP contribution in [0, 0.1) is 6.92 Å². The molecule has 0 bridgehead atoms. The largest absolute Gasteiger partial charge is 0.309 e. The molecule has 1 aliphatic rings. The number of hydrogen-bond acceptors (Lipinski definition) is 3. The summed E-state index contributed by atoms with van der Waals surface area (Å²) in [6.07, 6.45) is 1.80. The van der Waals surface area contributed by atoms with E-state index in [1.54, 1.807) is 6.20 Å². The SMILES string of the molecule is Cc1ccc(C(=O)c2cc3c(cn2)CNC3)cc1Br.Cl. The van der Waals surface area contributed by atoms with Crippen molar-refractivity contribution in [2.75, 3.05) is 0 Å². The Morgan fingerprint density at radius 1 is 1.25 bits per heavy atom. The third-order valence-corrected chi connectivity index (χ3v) is 4.23. The van der Waals surface area contributed by atoms with Crippen LogP contribution in [0.1, 0.15) is 32.7 Å². The predicted molar refractivity (Wildman–Crippen MR) is 84.3 cm³/mol. The van der Waals surface area contributed by atoms with Gasteiger partial charge in [0.15, 0.2) is 0 Å². The maximum absolute atomic E-state index is 12.4. The molecule has 0 fully saturated rings. The fourth-order valence-corrected chi connectivity index (χ4v) is 2.57. The number of rotatable bonds is 2. The lowest BCUT2D eigenvalue weighted by Gasteiger charge is -2.05. The van der Waals surface area contributed by atoms with E-state index in [9.17, 15) is 4.79 Å². The van der Waals surface area contributed by atoms with Crippen LogP contribution in [0.5, 0.6) is 0 Å². The molecule has 0 amide bonds. The van der Waals surface area contributed by atoms with Gasteiger partial charge in [0.25, 0.3) is 0 Å². The first kappa shape index (κ1) is 15.2. The maximum Gasteiger partial charge on any atom is 0.211 e. The van der Waals surface area contributed by atoms with Crippen LogP contribution in [0.3, 0.4) is 0 Å². The maximum atomic E-state index is 12.4. The van der Waals surface area contributed by atoms with Crippen LogP contribution < -0.4 is 5.32 Å². The number of benzene rings is 1. The van der Waals surface area contributed by atoms with E-state index in [2.05, 4.69) is 26.2 Å². The smallest absolute Gasteiger partial charge is 0.211 e. The molecule has 1 N–H and O–H groups in total. The van der Waals surface area contributed by atoms with E-state index in [0.29, 0.717) is 11.3 Å². The molecule has 0 aliphatic carbocycles. The van der Waals surface area contributed by atoms with Crippen molar-refractivity contribution in [3.05, 3.63) is 62.9 Å². The monoisotopic (exact) mass is 352 g/mol. The van der Waals surface area contributed by atoms with Crippen LogP contribution >= 0.6 is 28.3 Å². The summed E-state index contributed by atoms with van der Waals surface area (Å²) in [5.74, 6) is -0.0320. The van der Waals surface area contributed by atoms with Crippen molar-refractivity contribution in [1.29, 1.82) is 0 Å².